The molecule has 25 heavy (non-hydrogen) atoms. The maximum atomic E-state index is 12.5. The number of nitrogens with one attached hydrogen (secondary N) is 1. The third-order valence-electron chi connectivity index (χ3n) is 3.58. The van der Waals surface area contributed by atoms with Gasteiger partial charge in [-0.25, -0.2) is 17.7 Å². The summed E-state index contributed by atoms with van der Waals surface area (Å²) >= 11 is 0. The van der Waals surface area contributed by atoms with E-state index in [1.54, 1.807) is 30.3 Å². The number of carbonyl (C=O) groups excluding carboxylic acids is 1. The molecule has 2 aromatic carbocycles. The minimum absolute atomic E-state index is 0.0158. The van der Waals surface area contributed by atoms with Gasteiger partial charge in [0, 0.05) is 14.1 Å². The first-order valence-corrected chi connectivity index (χ1v) is 8.88. The van der Waals surface area contributed by atoms with E-state index >= 15 is 0 Å². The monoisotopic (exact) mass is 356 g/mol. The number of nitrogens with zero attached hydrogens (tertiary/aromatic N) is 3. The first-order chi connectivity index (χ1) is 11.9. The van der Waals surface area contributed by atoms with E-state index in [4.69, 9.17) is 0 Å². The molecule has 0 aliphatic rings. The highest BCUT2D eigenvalue weighted by atomic mass is 32.2. The Balaban J connectivity index is 1.96. The van der Waals surface area contributed by atoms with E-state index < -0.39 is 15.9 Å². The first kappa shape index (κ1) is 17.0. The molecule has 0 radical (unpaired) electrons. The molecule has 0 unspecified atom stereocenters. The second-order valence-electron chi connectivity index (χ2n) is 5.48. The Hall–Kier alpha value is -2.84. The lowest BCUT2D eigenvalue weighted by atomic mass is 10.2. The predicted octanol–water partition coefficient (Wildman–Crippen LogP) is 2.13. The van der Waals surface area contributed by atoms with E-state index in [-0.39, 0.29) is 16.3 Å². The van der Waals surface area contributed by atoms with E-state index in [1.807, 2.05) is 6.07 Å². The van der Waals surface area contributed by atoms with Crippen molar-refractivity contribution in [3.8, 4) is 0 Å². The smallest absolute Gasteiger partial charge is 0.275 e. The Labute approximate surface area is 145 Å². The van der Waals surface area contributed by atoms with Crippen LogP contribution in [-0.2, 0) is 10.0 Å². The van der Waals surface area contributed by atoms with Crippen LogP contribution in [0.15, 0.2) is 59.6 Å². The lowest BCUT2D eigenvalue weighted by Crippen LogP contribution is -2.24. The summed E-state index contributed by atoms with van der Waals surface area (Å²) in [5.74, 6) is -0.528. The highest BCUT2D eigenvalue weighted by Gasteiger charge is 2.22. The number of anilines is 1. The quantitative estimate of drug-likeness (QED) is 0.773. The molecule has 0 saturated heterocycles. The van der Waals surface area contributed by atoms with Crippen LogP contribution in [0.3, 0.4) is 0 Å². The van der Waals surface area contributed by atoms with Gasteiger partial charge in [-0.15, -0.1) is 0 Å². The zero-order valence-electron chi connectivity index (χ0n) is 13.7. The molecule has 0 spiro atoms. The second-order valence-corrected chi connectivity index (χ2v) is 7.60. The van der Waals surface area contributed by atoms with Crippen LogP contribution in [0.5, 0.6) is 0 Å². The highest BCUT2D eigenvalue weighted by molar-refractivity contribution is 7.89. The lowest BCUT2D eigenvalue weighted by molar-refractivity contribution is 0.102. The fourth-order valence-electron chi connectivity index (χ4n) is 2.24. The molecule has 0 aliphatic heterocycles. The van der Waals surface area contributed by atoms with E-state index in [0.717, 1.165) is 4.31 Å². The molecule has 0 fully saturated rings. The number of amides is 1. The maximum Gasteiger partial charge on any atom is 0.275 e. The van der Waals surface area contributed by atoms with Crippen molar-refractivity contribution in [3.05, 3.63) is 60.4 Å². The standard InChI is InChI=1S/C17H16N4O3S/c1-21(2)25(23,24)16-10-6-5-9-14(16)20-17(22)15-11-18-12-7-3-4-8-13(12)19-15/h3-11H,1-2H3,(H,20,22). The van der Waals surface area contributed by atoms with Gasteiger partial charge in [-0.1, -0.05) is 24.3 Å². The van der Waals surface area contributed by atoms with Crippen molar-refractivity contribution in [3.63, 3.8) is 0 Å². The summed E-state index contributed by atoms with van der Waals surface area (Å²) in [6.07, 6.45) is 1.36. The first-order valence-electron chi connectivity index (χ1n) is 7.44. The van der Waals surface area contributed by atoms with Crippen LogP contribution in [0.4, 0.5) is 5.69 Å². The Morgan fingerprint density at radius 3 is 2.36 bits per heavy atom. The van der Waals surface area contributed by atoms with Crippen molar-refractivity contribution in [1.82, 2.24) is 14.3 Å². The van der Waals surface area contributed by atoms with Crippen LogP contribution in [0.2, 0.25) is 0 Å². The highest BCUT2D eigenvalue weighted by Crippen LogP contribution is 2.23. The number of benzene rings is 2. The summed E-state index contributed by atoms with van der Waals surface area (Å²) in [6, 6.07) is 13.4. The molecule has 0 atom stereocenters. The second kappa shape index (κ2) is 6.58. The van der Waals surface area contributed by atoms with E-state index in [9.17, 15) is 13.2 Å². The molecule has 0 bridgehead atoms. The lowest BCUT2D eigenvalue weighted by Gasteiger charge is -2.15. The van der Waals surface area contributed by atoms with Crippen molar-refractivity contribution in [1.29, 1.82) is 0 Å². The molecule has 128 valence electrons. The van der Waals surface area contributed by atoms with E-state index in [1.165, 1.54) is 32.4 Å². The molecule has 8 heteroatoms. The third-order valence-corrected chi connectivity index (χ3v) is 5.45. The number of aromatic nitrogens is 2. The zero-order chi connectivity index (χ0) is 18.0. The number of hydrogen-bond acceptors (Lipinski definition) is 5. The summed E-state index contributed by atoms with van der Waals surface area (Å²) in [5, 5.41) is 2.61. The number of para-hydroxylation sites is 3. The van der Waals surface area contributed by atoms with Crippen LogP contribution >= 0.6 is 0 Å². The molecule has 1 aromatic heterocycles. The maximum absolute atomic E-state index is 12.5. The Morgan fingerprint density at radius 1 is 1.00 bits per heavy atom. The van der Waals surface area contributed by atoms with Gasteiger partial charge >= 0.3 is 0 Å². The molecule has 0 saturated carbocycles. The van der Waals surface area contributed by atoms with Gasteiger partial charge in [0.1, 0.15) is 10.6 Å². The molecule has 1 N–H and O–H groups in total. The zero-order valence-corrected chi connectivity index (χ0v) is 14.5. The number of fused-ring (bicyclic) bond motifs is 1. The fraction of sp³-hybridized carbons (Fsp3) is 0.118. The Bertz CT molecular complexity index is 1050. The molecule has 3 rings (SSSR count). The van der Waals surface area contributed by atoms with Crippen LogP contribution in [-0.4, -0.2) is 42.7 Å². The van der Waals surface area contributed by atoms with Crippen LogP contribution in [0.1, 0.15) is 10.5 Å². The predicted molar refractivity (Wildman–Crippen MR) is 94.8 cm³/mol. The largest absolute Gasteiger partial charge is 0.319 e. The van der Waals surface area contributed by atoms with Gasteiger partial charge in [-0.3, -0.25) is 9.78 Å². The third kappa shape index (κ3) is 3.35. The molecule has 7 nitrogen and oxygen atoms in total. The van der Waals surface area contributed by atoms with Crippen molar-refractivity contribution in [2.24, 2.45) is 0 Å². The topological polar surface area (TPSA) is 92.3 Å². The average molecular weight is 356 g/mol. The normalized spacial score (nSPS) is 11.6. The number of sulfonamides is 1. The van der Waals surface area contributed by atoms with Crippen molar-refractivity contribution in [2.75, 3.05) is 19.4 Å². The molecular weight excluding hydrogens is 340 g/mol. The Morgan fingerprint density at radius 2 is 1.64 bits per heavy atom. The van der Waals surface area contributed by atoms with Gasteiger partial charge in [0.2, 0.25) is 10.0 Å². The van der Waals surface area contributed by atoms with Gasteiger partial charge < -0.3 is 5.32 Å². The van der Waals surface area contributed by atoms with Crippen LogP contribution in [0.25, 0.3) is 11.0 Å². The fourth-order valence-corrected chi connectivity index (χ4v) is 3.29. The van der Waals surface area contributed by atoms with Crippen molar-refractivity contribution < 1.29 is 13.2 Å². The summed E-state index contributed by atoms with van der Waals surface area (Å²) < 4.78 is 25.9. The number of hydrogen-bond donors (Lipinski definition) is 1. The van der Waals surface area contributed by atoms with Gasteiger partial charge in [0.05, 0.1) is 22.9 Å². The molecular formula is C17H16N4O3S. The van der Waals surface area contributed by atoms with Crippen LogP contribution in [0, 0.1) is 0 Å². The molecule has 0 aliphatic carbocycles. The summed E-state index contributed by atoms with van der Waals surface area (Å²) in [7, 11) is -0.821. The average Bonchev–Trinajstić information content (AvgIpc) is 2.61. The minimum Gasteiger partial charge on any atom is -0.319 e. The van der Waals surface area contributed by atoms with Gasteiger partial charge in [-0.2, -0.15) is 0 Å². The van der Waals surface area contributed by atoms with Gasteiger partial charge in [-0.05, 0) is 24.3 Å². The Kier molecular flexibility index (Phi) is 4.47. The molecule has 3 aromatic rings. The number of rotatable bonds is 4. The summed E-state index contributed by atoms with van der Waals surface area (Å²) in [5.41, 5.74) is 1.56. The van der Waals surface area contributed by atoms with Crippen molar-refractivity contribution >= 4 is 32.7 Å². The van der Waals surface area contributed by atoms with E-state index in [2.05, 4.69) is 15.3 Å². The van der Waals surface area contributed by atoms with Crippen molar-refractivity contribution in [2.45, 2.75) is 4.90 Å². The van der Waals surface area contributed by atoms with Gasteiger partial charge in [0.15, 0.2) is 0 Å². The van der Waals surface area contributed by atoms with E-state index in [0.29, 0.717) is 11.0 Å². The van der Waals surface area contributed by atoms with Crippen LogP contribution < -0.4 is 5.32 Å². The summed E-state index contributed by atoms with van der Waals surface area (Å²) in [6.45, 7) is 0. The molecule has 1 amide bonds. The summed E-state index contributed by atoms with van der Waals surface area (Å²) in [4.78, 5) is 21.0. The van der Waals surface area contributed by atoms with Gasteiger partial charge in [0.25, 0.3) is 5.91 Å². The molecule has 1 heterocycles. The SMILES string of the molecule is CN(C)S(=O)(=O)c1ccccc1NC(=O)c1cnc2ccccc2n1. The minimum atomic E-state index is -3.69. The number of carbonyl (C=O) groups is 1.